The summed E-state index contributed by atoms with van der Waals surface area (Å²) in [7, 11) is 0. The van der Waals surface area contributed by atoms with Crippen LogP contribution >= 0.6 is 23.5 Å². The van der Waals surface area contributed by atoms with Gasteiger partial charge in [-0.25, -0.2) is 4.79 Å². The Bertz CT molecular complexity index is 4330. The van der Waals surface area contributed by atoms with Gasteiger partial charge in [0, 0.05) is 64.2 Å². The average Bonchev–Trinajstić information content (AvgIpc) is 1.62. The van der Waals surface area contributed by atoms with Crippen LogP contribution in [0.15, 0.2) is 48.5 Å². The highest BCUT2D eigenvalue weighted by atomic mass is 32.2. The molecule has 4 fully saturated rings. The number of amides is 16. The van der Waals surface area contributed by atoms with Crippen LogP contribution in [0.25, 0.3) is 11.1 Å². The lowest BCUT2D eigenvalue weighted by Gasteiger charge is -2.48. The Morgan fingerprint density at radius 3 is 1.72 bits per heavy atom. The lowest BCUT2D eigenvalue weighted by molar-refractivity contribution is -0.315. The number of primary amides is 1. The number of likely N-dealkylation sites (tertiary alicyclic amines) is 1. The molecule has 0 unspecified atom stereocenters. The first-order chi connectivity index (χ1) is 61.2. The molecule has 50 nitrogen and oxygen atoms in total. The van der Waals surface area contributed by atoms with E-state index in [0.29, 0.717) is 0 Å². The van der Waals surface area contributed by atoms with E-state index in [1.807, 2.05) is 48.5 Å². The molecule has 712 valence electrons. The van der Waals surface area contributed by atoms with E-state index >= 15 is 0 Å². The van der Waals surface area contributed by atoms with Gasteiger partial charge in [-0.05, 0) is 74.1 Å². The number of hydrogen-bond acceptors (Lipinski definition) is 31. The van der Waals surface area contributed by atoms with Crippen molar-refractivity contribution in [1.29, 1.82) is 10.8 Å². The zero-order chi connectivity index (χ0) is 95.0. The summed E-state index contributed by atoms with van der Waals surface area (Å²) in [5.74, 6) is -18.7. The summed E-state index contributed by atoms with van der Waals surface area (Å²) in [6.07, 6.45) is -17.9. The van der Waals surface area contributed by atoms with E-state index in [0.717, 1.165) is 59.7 Å². The standard InChI is InChI=1S/C77H114N22O28S2/c1-35(73(121)122)88-65(114)45(19-20-54(78)106)91-56(108)26-86-69(118)50-18-11-23-98(50)72(120)46(17-10-22-84-76(81)82)94-68(117)49(31-128-33-87-36(2)103)96-67(116)48(27-100)95-66(115)47(24-55(107)97-71-58(89-37(3)104)62(112)63(53(29-102)125-71)127-74-59(90-38(4)105)61(111)60(110)52(28-101)126-74)92-57(109)25-85-64(113)44(16-9-21-83-75(79)80)93-70(119)51-32-129-34-99(51)77(123)124-30-43-41-14-7-5-12-39(41)40-13-6-8-15-42(40)43/h5-8,12-15,35,43-53,58-63,71,74,100-102,110-112H,9-11,16-34H2,1-4H3,(H2,78,106)(H,85,113)(H,86,118)(H,87,103)(H,88,114)(H,89,104)(H,90,105)(H,91,108)(H,92,109)(H,93,119)(H,94,117)(H,95,115)(H,96,116)(H,97,107)(H,121,122)(H4,79,80,83)(H4,81,82,84)/t35-,44-,45-,46-,47-,48-,49-,50-,51-,52+,53+,58+,59+,60+,61+,62+,63+,71+,74-/m0/s1. The second-order valence-electron chi connectivity index (χ2n) is 30.7. The van der Waals surface area contributed by atoms with Crippen molar-refractivity contribution in [2.75, 3.05) is 82.4 Å². The van der Waals surface area contributed by atoms with Gasteiger partial charge in [-0.15, -0.1) is 23.5 Å². The number of hydrogen-bond donors (Lipinski definition) is 27. The average molecular weight is 1860 g/mol. The van der Waals surface area contributed by atoms with Crippen LogP contribution in [-0.4, -0.2) is 356 Å². The number of benzene rings is 2. The van der Waals surface area contributed by atoms with Gasteiger partial charge in [-0.1, -0.05) is 48.5 Å². The van der Waals surface area contributed by atoms with Gasteiger partial charge >= 0.3 is 12.1 Å². The molecule has 19 atom stereocenters. The van der Waals surface area contributed by atoms with Gasteiger partial charge in [0.05, 0.1) is 51.1 Å². The number of carboxylic acids is 1. The minimum absolute atomic E-state index is 0.00198. The van der Waals surface area contributed by atoms with Gasteiger partial charge in [0.1, 0.15) is 110 Å². The van der Waals surface area contributed by atoms with Crippen molar-refractivity contribution >= 4 is 136 Å². The predicted molar refractivity (Wildman–Crippen MR) is 453 cm³/mol. The van der Waals surface area contributed by atoms with Gasteiger partial charge in [0.2, 0.25) is 88.6 Å². The maximum Gasteiger partial charge on any atom is 0.411 e. The number of carbonyl (C=O) groups is 17. The number of nitrogens with zero attached hydrogens (tertiary/aromatic N) is 2. The van der Waals surface area contributed by atoms with Crippen LogP contribution in [0.1, 0.15) is 103 Å². The Morgan fingerprint density at radius 2 is 1.13 bits per heavy atom. The van der Waals surface area contributed by atoms with Crippen molar-refractivity contribution in [1.82, 2.24) is 89.6 Å². The van der Waals surface area contributed by atoms with Crippen LogP contribution < -0.4 is 97.0 Å². The van der Waals surface area contributed by atoms with E-state index < -0.39 is 280 Å². The van der Waals surface area contributed by atoms with Gasteiger partial charge in [0.15, 0.2) is 24.4 Å². The number of nitrogens with one attached hydrogen (secondary N) is 17. The molecule has 0 saturated carbocycles. The van der Waals surface area contributed by atoms with Crippen LogP contribution in [0.5, 0.6) is 0 Å². The van der Waals surface area contributed by atoms with E-state index in [1.54, 1.807) is 0 Å². The summed E-state index contributed by atoms with van der Waals surface area (Å²) in [4.78, 5) is 233. The van der Waals surface area contributed by atoms with Crippen molar-refractivity contribution in [2.24, 2.45) is 17.2 Å². The van der Waals surface area contributed by atoms with Crippen molar-refractivity contribution in [3.8, 4) is 11.1 Å². The summed E-state index contributed by atoms with van der Waals surface area (Å²) >= 11 is 2.05. The van der Waals surface area contributed by atoms with Crippen molar-refractivity contribution < 1.29 is 136 Å². The highest BCUT2D eigenvalue weighted by Crippen LogP contribution is 2.45. The van der Waals surface area contributed by atoms with Crippen molar-refractivity contribution in [2.45, 2.75) is 207 Å². The monoisotopic (exact) mass is 1860 g/mol. The third-order valence-corrected chi connectivity index (χ3v) is 23.0. The summed E-state index contributed by atoms with van der Waals surface area (Å²) in [6, 6.07) is -2.95. The molecule has 2 aromatic carbocycles. The van der Waals surface area contributed by atoms with Gasteiger partial charge in [-0.3, -0.25) is 92.4 Å². The van der Waals surface area contributed by atoms with Crippen molar-refractivity contribution in [3.05, 3.63) is 59.7 Å². The molecule has 0 radical (unpaired) electrons. The van der Waals surface area contributed by atoms with Crippen molar-refractivity contribution in [3.63, 3.8) is 0 Å². The summed E-state index contributed by atoms with van der Waals surface area (Å²) in [5.41, 5.74) is 20.1. The summed E-state index contributed by atoms with van der Waals surface area (Å²) < 4.78 is 23.5. The first-order valence-corrected chi connectivity index (χ1v) is 43.4. The lowest BCUT2D eigenvalue weighted by Crippen LogP contribution is -2.71. The van der Waals surface area contributed by atoms with E-state index in [9.17, 15) is 117 Å². The van der Waals surface area contributed by atoms with Crippen LogP contribution in [0, 0.1) is 10.8 Å². The maximum atomic E-state index is 14.9. The predicted octanol–water partition coefficient (Wildman–Crippen LogP) is -10.9. The largest absolute Gasteiger partial charge is 0.480 e. The second-order valence-corrected chi connectivity index (χ2v) is 32.7. The molecule has 4 saturated heterocycles. The topological polar surface area (TPSA) is 781 Å². The highest BCUT2D eigenvalue weighted by molar-refractivity contribution is 7.99. The summed E-state index contributed by atoms with van der Waals surface area (Å²) in [5, 5.41) is 126. The number of aliphatic hydroxyl groups excluding tert-OH is 6. The molecule has 2 aromatic rings. The van der Waals surface area contributed by atoms with Gasteiger partial charge < -0.3 is 157 Å². The first-order valence-electron chi connectivity index (χ1n) is 41.1. The van der Waals surface area contributed by atoms with Gasteiger partial charge in [-0.2, -0.15) is 0 Å². The molecule has 0 spiro atoms. The number of ether oxygens (including phenoxy) is 4. The van der Waals surface area contributed by atoms with E-state index in [4.69, 9.17) is 47.0 Å². The number of aliphatic hydroxyl groups is 6. The number of thioether (sulfide) groups is 2. The summed E-state index contributed by atoms with van der Waals surface area (Å²) in [6.45, 7) is -1.22. The molecule has 0 bridgehead atoms. The van der Waals surface area contributed by atoms with E-state index in [1.165, 1.54) is 23.6 Å². The molecule has 129 heavy (non-hydrogen) atoms. The van der Waals surface area contributed by atoms with Crippen LogP contribution in [0.4, 0.5) is 4.79 Å². The Morgan fingerprint density at radius 1 is 0.574 bits per heavy atom. The van der Waals surface area contributed by atoms with Gasteiger partial charge in [0.25, 0.3) is 0 Å². The maximum absolute atomic E-state index is 14.9. The Hall–Kier alpha value is -11.9. The molecular weight excluding hydrogens is 1750 g/mol. The fraction of sp³-hybridized carbons (Fsp3) is 0.597. The minimum atomic E-state index is -2.24. The number of carboxylic acid groups (broad SMARTS) is 1. The molecule has 16 amide bonds. The Balaban J connectivity index is 1.13. The minimum Gasteiger partial charge on any atom is -0.480 e. The smallest absolute Gasteiger partial charge is 0.411 e. The third kappa shape index (κ3) is 30.9. The number of guanidine groups is 2. The van der Waals surface area contributed by atoms with Crippen LogP contribution in [0.3, 0.4) is 0 Å². The molecule has 1 aliphatic carbocycles. The number of rotatable bonds is 47. The van der Waals surface area contributed by atoms with E-state index in [2.05, 4.69) is 79.8 Å². The second kappa shape index (κ2) is 50.8. The fourth-order valence-electron chi connectivity index (χ4n) is 14.5. The molecule has 5 aliphatic rings. The third-order valence-electron chi connectivity index (χ3n) is 21.0. The SMILES string of the molecule is CC(=O)NCSC[C@H](NC(=O)[C@H](CO)NC(=O)[C@H](CC(=O)N[C@@H]1O[C@H](CO)[C@@H](O[C@@H]2O[C@H](CO)[C@@H](O)[C@H](O)[C@H]2NC(C)=O)[C@H](O)[C@H]1NC(C)=O)NC(=O)CNC(=O)[C@H](CCCNC(=N)N)NC(=O)[C@@H]1CSCN1C(=O)OCC1c2ccccc2-c2ccccc21)C(=O)N[C@@H](CCCNC(=N)N)C(=O)N1CCC[C@H]1C(=O)NCC(=O)N[C@@H](CCC(N)=O)C(=O)N[C@@H](C)C(=O)O. The number of aliphatic carboxylic acids is 1. The normalized spacial score (nSPS) is 22.5. The molecule has 4 aliphatic heterocycles. The zero-order valence-corrected chi connectivity index (χ0v) is 72.5. The van der Waals surface area contributed by atoms with Crippen LogP contribution in [-0.2, 0) is 95.7 Å². The number of nitrogens with two attached hydrogens (primary N) is 3. The zero-order valence-electron chi connectivity index (χ0n) is 70.9. The Kier molecular flexibility index (Phi) is 41.0. The highest BCUT2D eigenvalue weighted by Gasteiger charge is 2.53. The molecule has 52 heteroatoms. The lowest BCUT2D eigenvalue weighted by atomic mass is 9.94. The molecule has 30 N–H and O–H groups in total. The quantitative estimate of drug-likeness (QED) is 0.0127. The first kappa shape index (κ1) is 104. The van der Waals surface area contributed by atoms with E-state index in [-0.39, 0.29) is 94.6 Å². The number of fused-ring (bicyclic) bond motifs is 3. The van der Waals surface area contributed by atoms with Crippen LogP contribution in [0.2, 0.25) is 0 Å². The molecule has 7 rings (SSSR count). The molecular formula is C77H114N22O28S2. The Labute approximate surface area is 746 Å². The fourth-order valence-corrected chi connectivity index (χ4v) is 16.6. The number of carbonyl (C=O) groups excluding carboxylic acids is 16. The molecule has 0 aromatic heterocycles. The molecule has 4 heterocycles.